The van der Waals surface area contributed by atoms with Crippen molar-refractivity contribution in [1.82, 2.24) is 10.2 Å². The van der Waals surface area contributed by atoms with Crippen LogP contribution < -0.4 is 5.32 Å². The Hall–Kier alpha value is -1.68. The van der Waals surface area contributed by atoms with Gasteiger partial charge in [0.1, 0.15) is 0 Å². The van der Waals surface area contributed by atoms with Gasteiger partial charge >= 0.3 is 0 Å². The van der Waals surface area contributed by atoms with E-state index in [0.29, 0.717) is 6.54 Å². The van der Waals surface area contributed by atoms with Crippen LogP contribution >= 0.6 is 0 Å². The fourth-order valence-corrected chi connectivity index (χ4v) is 2.72. The summed E-state index contributed by atoms with van der Waals surface area (Å²) in [5, 5.41) is 3.37. The number of carbonyl (C=O) groups is 2. The number of hydrogen-bond acceptors (Lipinski definition) is 3. The monoisotopic (exact) mass is 288 g/mol. The van der Waals surface area contributed by atoms with Crippen LogP contribution in [0.25, 0.3) is 0 Å². The summed E-state index contributed by atoms with van der Waals surface area (Å²) in [4.78, 5) is 25.9. The van der Waals surface area contributed by atoms with E-state index < -0.39 is 0 Å². The summed E-state index contributed by atoms with van der Waals surface area (Å²) in [6.07, 6.45) is 0. The first kappa shape index (κ1) is 15.7. The Kier molecular flexibility index (Phi) is 4.78. The maximum absolute atomic E-state index is 12.2. The Balaban J connectivity index is 2.18. The number of nitrogens with one attached hydrogen (secondary N) is 1. The van der Waals surface area contributed by atoms with Crippen molar-refractivity contribution in [3.05, 3.63) is 35.4 Å². The van der Waals surface area contributed by atoms with Gasteiger partial charge in [-0.05, 0) is 19.0 Å². The molecule has 1 heterocycles. The fraction of sp³-hybridized carbons (Fsp3) is 0.529. The van der Waals surface area contributed by atoms with Crippen LogP contribution in [-0.2, 0) is 9.59 Å². The fourth-order valence-electron chi connectivity index (χ4n) is 2.72. The molecule has 0 spiro atoms. The molecule has 1 aromatic carbocycles. The van der Waals surface area contributed by atoms with Gasteiger partial charge in [0.05, 0.1) is 6.04 Å². The highest BCUT2D eigenvalue weighted by Gasteiger charge is 2.42. The first-order valence-corrected chi connectivity index (χ1v) is 7.60. The van der Waals surface area contributed by atoms with Crippen molar-refractivity contribution in [2.24, 2.45) is 11.8 Å². The molecule has 1 aliphatic heterocycles. The Morgan fingerprint density at radius 3 is 2.10 bits per heavy atom. The number of amides is 2. The second kappa shape index (κ2) is 6.39. The van der Waals surface area contributed by atoms with Crippen molar-refractivity contribution in [2.45, 2.75) is 33.7 Å². The van der Waals surface area contributed by atoms with Crippen molar-refractivity contribution in [3.8, 4) is 0 Å². The second-order valence-corrected chi connectivity index (χ2v) is 5.89. The number of benzene rings is 1. The molecule has 4 nitrogen and oxygen atoms in total. The zero-order chi connectivity index (χ0) is 15.6. The van der Waals surface area contributed by atoms with E-state index in [2.05, 4.69) is 29.6 Å². The van der Waals surface area contributed by atoms with Crippen molar-refractivity contribution in [3.63, 3.8) is 0 Å². The maximum atomic E-state index is 12.2. The molecule has 4 heteroatoms. The number of carbonyl (C=O) groups excluding carboxylic acids is 2. The minimum atomic E-state index is -0.210. The van der Waals surface area contributed by atoms with E-state index in [1.165, 1.54) is 10.5 Å². The van der Waals surface area contributed by atoms with Crippen molar-refractivity contribution >= 4 is 11.8 Å². The molecule has 1 aliphatic rings. The van der Waals surface area contributed by atoms with E-state index in [1.54, 1.807) is 0 Å². The molecule has 21 heavy (non-hydrogen) atoms. The van der Waals surface area contributed by atoms with Gasteiger partial charge in [0.25, 0.3) is 0 Å². The summed E-state index contributed by atoms with van der Waals surface area (Å²) in [7, 11) is 0. The quantitative estimate of drug-likeness (QED) is 0.846. The molecule has 1 N–H and O–H groups in total. The molecule has 1 aromatic rings. The van der Waals surface area contributed by atoms with E-state index in [0.717, 1.165) is 12.1 Å². The summed E-state index contributed by atoms with van der Waals surface area (Å²) in [5.41, 5.74) is 2.31. The van der Waals surface area contributed by atoms with Gasteiger partial charge in [-0.2, -0.15) is 0 Å². The lowest BCUT2D eigenvalue weighted by Gasteiger charge is -2.24. The van der Waals surface area contributed by atoms with Gasteiger partial charge in [0.2, 0.25) is 11.8 Å². The summed E-state index contributed by atoms with van der Waals surface area (Å²) in [6.45, 7) is 8.93. The van der Waals surface area contributed by atoms with Gasteiger partial charge < -0.3 is 5.32 Å². The van der Waals surface area contributed by atoms with Gasteiger partial charge in [-0.15, -0.1) is 0 Å². The van der Waals surface area contributed by atoms with Gasteiger partial charge in [0, 0.05) is 18.4 Å². The number of hydrogen-bond donors (Lipinski definition) is 1. The van der Waals surface area contributed by atoms with Crippen molar-refractivity contribution in [1.29, 1.82) is 0 Å². The third kappa shape index (κ3) is 3.16. The van der Waals surface area contributed by atoms with E-state index >= 15 is 0 Å². The lowest BCUT2D eigenvalue weighted by atomic mass is 10.00. The molecule has 0 bridgehead atoms. The molecule has 2 amide bonds. The molecular weight excluding hydrogens is 264 g/mol. The van der Waals surface area contributed by atoms with Gasteiger partial charge in [-0.1, -0.05) is 50.6 Å². The topological polar surface area (TPSA) is 49.4 Å². The average molecular weight is 288 g/mol. The molecule has 2 rings (SSSR count). The average Bonchev–Trinajstić information content (AvgIpc) is 2.65. The highest BCUT2D eigenvalue weighted by Crippen LogP contribution is 2.27. The second-order valence-electron chi connectivity index (χ2n) is 5.89. The van der Waals surface area contributed by atoms with Crippen LogP contribution in [0, 0.1) is 18.8 Å². The number of likely N-dealkylation sites (N-methyl/N-ethyl adjacent to an activating group) is 1. The molecule has 0 saturated carbocycles. The predicted molar refractivity (Wildman–Crippen MR) is 82.6 cm³/mol. The standard InChI is InChI=1S/C17H24N2O2/c1-5-18-15(14-8-6-11(2)7-9-14)10-19-16(20)12(3)13(4)17(19)21/h6-9,12-13,15,18H,5,10H2,1-4H3. The summed E-state index contributed by atoms with van der Waals surface area (Å²) in [5.74, 6) is -0.527. The Morgan fingerprint density at radius 1 is 1.10 bits per heavy atom. The Bertz CT molecular complexity index is 504. The van der Waals surface area contributed by atoms with Gasteiger partial charge in [0.15, 0.2) is 0 Å². The normalized spacial score (nSPS) is 23.7. The first-order valence-electron chi connectivity index (χ1n) is 7.60. The number of rotatable bonds is 5. The summed E-state index contributed by atoms with van der Waals surface area (Å²) < 4.78 is 0. The molecule has 1 fully saturated rings. The smallest absolute Gasteiger partial charge is 0.232 e. The summed E-state index contributed by atoms with van der Waals surface area (Å²) >= 11 is 0. The first-order chi connectivity index (χ1) is 9.95. The minimum Gasteiger partial charge on any atom is -0.309 e. The van der Waals surface area contributed by atoms with E-state index in [1.807, 2.05) is 27.7 Å². The molecule has 0 radical (unpaired) electrons. The molecular formula is C17H24N2O2. The van der Waals surface area contributed by atoms with Crippen LogP contribution in [0.1, 0.15) is 37.9 Å². The third-order valence-electron chi connectivity index (χ3n) is 4.36. The Labute approximate surface area is 126 Å². The highest BCUT2D eigenvalue weighted by molar-refractivity contribution is 6.04. The lowest BCUT2D eigenvalue weighted by molar-refractivity contribution is -0.140. The number of likely N-dealkylation sites (tertiary alicyclic amines) is 1. The largest absolute Gasteiger partial charge is 0.309 e. The molecule has 114 valence electrons. The van der Waals surface area contributed by atoms with Crippen LogP contribution in [0.5, 0.6) is 0 Å². The molecule has 0 aromatic heterocycles. The maximum Gasteiger partial charge on any atom is 0.232 e. The van der Waals surface area contributed by atoms with Crippen LogP contribution in [0.3, 0.4) is 0 Å². The van der Waals surface area contributed by atoms with E-state index in [-0.39, 0.29) is 29.7 Å². The zero-order valence-electron chi connectivity index (χ0n) is 13.2. The molecule has 3 unspecified atom stereocenters. The van der Waals surface area contributed by atoms with E-state index in [4.69, 9.17) is 0 Å². The van der Waals surface area contributed by atoms with Crippen molar-refractivity contribution in [2.75, 3.05) is 13.1 Å². The Morgan fingerprint density at radius 2 is 1.62 bits per heavy atom. The lowest BCUT2D eigenvalue weighted by Crippen LogP contribution is -2.39. The molecule has 0 aliphatic carbocycles. The van der Waals surface area contributed by atoms with Crippen LogP contribution in [-0.4, -0.2) is 29.8 Å². The molecule has 3 atom stereocenters. The molecule has 1 saturated heterocycles. The minimum absolute atomic E-state index is 0.0130. The highest BCUT2D eigenvalue weighted by atomic mass is 16.2. The predicted octanol–water partition coefficient (Wildman–Crippen LogP) is 2.29. The van der Waals surface area contributed by atoms with Crippen molar-refractivity contribution < 1.29 is 9.59 Å². The zero-order valence-corrected chi connectivity index (χ0v) is 13.2. The van der Waals surface area contributed by atoms with Crippen LogP contribution in [0.15, 0.2) is 24.3 Å². The SMILES string of the molecule is CCNC(CN1C(=O)C(C)C(C)C1=O)c1ccc(C)cc1. The van der Waals surface area contributed by atoms with Crippen LogP contribution in [0.2, 0.25) is 0 Å². The third-order valence-corrected chi connectivity index (χ3v) is 4.36. The summed E-state index contributed by atoms with van der Waals surface area (Å²) in [6, 6.07) is 8.21. The van der Waals surface area contributed by atoms with Gasteiger partial charge in [-0.25, -0.2) is 0 Å². The number of aryl methyl sites for hydroxylation is 1. The van der Waals surface area contributed by atoms with Crippen LogP contribution in [0.4, 0.5) is 0 Å². The number of nitrogens with zero attached hydrogens (tertiary/aromatic N) is 1. The van der Waals surface area contributed by atoms with E-state index in [9.17, 15) is 9.59 Å². The van der Waals surface area contributed by atoms with Gasteiger partial charge in [-0.3, -0.25) is 14.5 Å². The number of imide groups is 1.